The van der Waals surface area contributed by atoms with Crippen molar-refractivity contribution in [3.05, 3.63) is 31.4 Å². The second-order valence-electron chi connectivity index (χ2n) is 6.57. The van der Waals surface area contributed by atoms with Gasteiger partial charge in [-0.1, -0.05) is 25.2 Å². The highest BCUT2D eigenvalue weighted by molar-refractivity contribution is 9.11. The first-order valence-corrected chi connectivity index (χ1v) is 9.52. The Morgan fingerprint density at radius 1 is 1.52 bits per heavy atom. The van der Waals surface area contributed by atoms with Crippen LogP contribution in [0.2, 0.25) is 0 Å². The van der Waals surface area contributed by atoms with E-state index in [9.17, 15) is 0 Å². The van der Waals surface area contributed by atoms with Gasteiger partial charge in [0.1, 0.15) is 0 Å². The third-order valence-electron chi connectivity index (χ3n) is 3.84. The summed E-state index contributed by atoms with van der Waals surface area (Å²) in [5.41, 5.74) is 9.12. The number of halogens is 1. The van der Waals surface area contributed by atoms with Crippen LogP contribution in [0.1, 0.15) is 42.4 Å². The lowest BCUT2D eigenvalue weighted by Crippen LogP contribution is -2.28. The molecule has 1 unspecified atom stereocenters. The van der Waals surface area contributed by atoms with E-state index in [1.54, 1.807) is 22.7 Å². The van der Waals surface area contributed by atoms with Gasteiger partial charge in [0, 0.05) is 24.5 Å². The SMILES string of the molecule is CN(Cc1csc(Br)c1)c1nc2c(s1)C(N)CC(C)(C)C2. The molecule has 21 heavy (non-hydrogen) atoms. The van der Waals surface area contributed by atoms with E-state index in [1.165, 1.54) is 19.9 Å². The highest BCUT2D eigenvalue weighted by Gasteiger charge is 2.33. The molecule has 0 aliphatic heterocycles. The molecule has 1 aliphatic carbocycles. The average Bonchev–Trinajstić information content (AvgIpc) is 2.94. The summed E-state index contributed by atoms with van der Waals surface area (Å²) in [6, 6.07) is 2.31. The fourth-order valence-electron chi connectivity index (χ4n) is 2.91. The number of thiazole rings is 1. The lowest BCUT2D eigenvalue weighted by Gasteiger charge is -2.32. The third kappa shape index (κ3) is 3.33. The second-order valence-corrected chi connectivity index (χ2v) is 9.87. The van der Waals surface area contributed by atoms with E-state index in [2.05, 4.69) is 53.2 Å². The van der Waals surface area contributed by atoms with Crippen molar-refractivity contribution in [1.29, 1.82) is 0 Å². The highest BCUT2D eigenvalue weighted by Crippen LogP contribution is 2.43. The number of rotatable bonds is 3. The summed E-state index contributed by atoms with van der Waals surface area (Å²) in [7, 11) is 2.10. The van der Waals surface area contributed by atoms with E-state index in [0.29, 0.717) is 0 Å². The third-order valence-corrected chi connectivity index (χ3v) is 6.74. The molecule has 0 saturated heterocycles. The van der Waals surface area contributed by atoms with Crippen molar-refractivity contribution in [1.82, 2.24) is 4.98 Å². The molecule has 1 aliphatic rings. The van der Waals surface area contributed by atoms with Crippen LogP contribution in [-0.4, -0.2) is 12.0 Å². The van der Waals surface area contributed by atoms with Crippen molar-refractivity contribution in [3.63, 3.8) is 0 Å². The van der Waals surface area contributed by atoms with Crippen LogP contribution in [0.3, 0.4) is 0 Å². The largest absolute Gasteiger partial charge is 0.347 e. The maximum absolute atomic E-state index is 6.34. The summed E-state index contributed by atoms with van der Waals surface area (Å²) in [5, 5.41) is 3.26. The van der Waals surface area contributed by atoms with Crippen molar-refractivity contribution < 1.29 is 0 Å². The summed E-state index contributed by atoms with van der Waals surface area (Å²) in [4.78, 5) is 8.36. The van der Waals surface area contributed by atoms with Crippen molar-refractivity contribution in [2.45, 2.75) is 39.3 Å². The van der Waals surface area contributed by atoms with Crippen LogP contribution in [-0.2, 0) is 13.0 Å². The normalized spacial score (nSPS) is 20.3. The molecule has 2 aromatic rings. The summed E-state index contributed by atoms with van der Waals surface area (Å²) in [5.74, 6) is 0. The monoisotopic (exact) mass is 385 g/mol. The van der Waals surface area contributed by atoms with Gasteiger partial charge < -0.3 is 10.6 Å². The van der Waals surface area contributed by atoms with Crippen LogP contribution < -0.4 is 10.6 Å². The molecule has 2 aromatic heterocycles. The number of hydrogen-bond acceptors (Lipinski definition) is 5. The topological polar surface area (TPSA) is 42.2 Å². The Labute approximate surface area is 142 Å². The molecule has 0 fully saturated rings. The highest BCUT2D eigenvalue weighted by atomic mass is 79.9. The first-order chi connectivity index (χ1) is 9.84. The minimum atomic E-state index is 0.138. The number of anilines is 1. The summed E-state index contributed by atoms with van der Waals surface area (Å²) < 4.78 is 1.17. The predicted octanol–water partition coefficient (Wildman–Crippen LogP) is 4.58. The summed E-state index contributed by atoms with van der Waals surface area (Å²) in [6.45, 7) is 5.44. The fraction of sp³-hybridized carbons (Fsp3) is 0.533. The quantitative estimate of drug-likeness (QED) is 0.840. The molecule has 6 heteroatoms. The van der Waals surface area contributed by atoms with Crippen molar-refractivity contribution >= 4 is 43.7 Å². The number of nitrogens with zero attached hydrogens (tertiary/aromatic N) is 2. The Bertz CT molecular complexity index is 647. The maximum atomic E-state index is 6.34. The number of nitrogens with two attached hydrogens (primary N) is 1. The number of thiophene rings is 1. The van der Waals surface area contributed by atoms with Crippen LogP contribution in [0, 0.1) is 5.41 Å². The molecule has 0 radical (unpaired) electrons. The minimum absolute atomic E-state index is 0.138. The molecule has 0 bridgehead atoms. The standard InChI is InChI=1S/C15H20BrN3S2/c1-15(2)5-10(17)13-11(6-15)18-14(21-13)19(3)7-9-4-12(16)20-8-9/h4,8,10H,5-7,17H2,1-3H3. The van der Waals surface area contributed by atoms with Gasteiger partial charge in [0.05, 0.1) is 9.48 Å². The van der Waals surface area contributed by atoms with Gasteiger partial charge in [-0.2, -0.15) is 0 Å². The molecule has 2 N–H and O–H groups in total. The van der Waals surface area contributed by atoms with E-state index < -0.39 is 0 Å². The van der Waals surface area contributed by atoms with Crippen molar-refractivity contribution in [2.75, 3.05) is 11.9 Å². The molecule has 0 aromatic carbocycles. The predicted molar refractivity (Wildman–Crippen MR) is 95.3 cm³/mol. The Kier molecular flexibility index (Phi) is 4.16. The van der Waals surface area contributed by atoms with Gasteiger partial charge in [0.15, 0.2) is 5.13 Å². The smallest absolute Gasteiger partial charge is 0.185 e. The van der Waals surface area contributed by atoms with Crippen LogP contribution in [0.25, 0.3) is 0 Å². The van der Waals surface area contributed by atoms with Gasteiger partial charge in [-0.05, 0) is 51.2 Å². The van der Waals surface area contributed by atoms with Crippen molar-refractivity contribution in [3.8, 4) is 0 Å². The first-order valence-electron chi connectivity index (χ1n) is 7.03. The number of fused-ring (bicyclic) bond motifs is 1. The fourth-order valence-corrected chi connectivity index (χ4v) is 5.16. The molecular formula is C15H20BrN3S2. The van der Waals surface area contributed by atoms with Gasteiger partial charge in [-0.3, -0.25) is 0 Å². The van der Waals surface area contributed by atoms with Gasteiger partial charge in [0.25, 0.3) is 0 Å². The molecular weight excluding hydrogens is 366 g/mol. The van der Waals surface area contributed by atoms with Crippen LogP contribution in [0.4, 0.5) is 5.13 Å². The molecule has 2 heterocycles. The average molecular weight is 386 g/mol. The molecule has 0 amide bonds. The van der Waals surface area contributed by atoms with E-state index in [1.807, 2.05) is 0 Å². The Balaban J connectivity index is 1.81. The zero-order chi connectivity index (χ0) is 15.2. The molecule has 114 valence electrons. The Hall–Kier alpha value is -0.430. The van der Waals surface area contributed by atoms with Gasteiger partial charge in [-0.15, -0.1) is 11.3 Å². The maximum Gasteiger partial charge on any atom is 0.185 e. The van der Waals surface area contributed by atoms with Crippen LogP contribution in [0.15, 0.2) is 15.2 Å². The van der Waals surface area contributed by atoms with E-state index in [0.717, 1.165) is 24.5 Å². The van der Waals surface area contributed by atoms with E-state index in [-0.39, 0.29) is 11.5 Å². The summed E-state index contributed by atoms with van der Waals surface area (Å²) >= 11 is 7.00. The molecule has 3 nitrogen and oxygen atoms in total. The first kappa shape index (κ1) is 15.5. The zero-order valence-corrected chi connectivity index (χ0v) is 15.7. The lowest BCUT2D eigenvalue weighted by molar-refractivity contribution is 0.282. The molecule has 3 rings (SSSR count). The number of hydrogen-bond donors (Lipinski definition) is 1. The van der Waals surface area contributed by atoms with Crippen molar-refractivity contribution in [2.24, 2.45) is 11.1 Å². The molecule has 0 spiro atoms. The lowest BCUT2D eigenvalue weighted by atomic mass is 9.77. The minimum Gasteiger partial charge on any atom is -0.347 e. The number of aromatic nitrogens is 1. The van der Waals surface area contributed by atoms with Crippen LogP contribution >= 0.6 is 38.6 Å². The Morgan fingerprint density at radius 2 is 2.29 bits per heavy atom. The second kappa shape index (κ2) is 5.65. The van der Waals surface area contributed by atoms with Gasteiger partial charge in [0.2, 0.25) is 0 Å². The van der Waals surface area contributed by atoms with Gasteiger partial charge >= 0.3 is 0 Å². The molecule has 1 atom stereocenters. The zero-order valence-electron chi connectivity index (χ0n) is 12.5. The summed E-state index contributed by atoms with van der Waals surface area (Å²) in [6.07, 6.45) is 2.08. The van der Waals surface area contributed by atoms with Crippen LogP contribution in [0.5, 0.6) is 0 Å². The van der Waals surface area contributed by atoms with E-state index >= 15 is 0 Å². The van der Waals surface area contributed by atoms with Gasteiger partial charge in [-0.25, -0.2) is 4.98 Å². The van der Waals surface area contributed by atoms with E-state index in [4.69, 9.17) is 10.7 Å². The Morgan fingerprint density at radius 3 is 2.95 bits per heavy atom. The molecule has 0 saturated carbocycles.